The minimum absolute atomic E-state index is 0. The van der Waals surface area contributed by atoms with Gasteiger partial charge in [0.2, 0.25) is 0 Å². The summed E-state index contributed by atoms with van der Waals surface area (Å²) in [5.41, 5.74) is 1.18. The summed E-state index contributed by atoms with van der Waals surface area (Å²) in [6, 6.07) is 6.13. The van der Waals surface area contributed by atoms with Crippen LogP contribution in [0.5, 0.6) is 0 Å². The standard InChI is InChI=1S/C15H17ClN6O.ClH/c16-10-1-4-14(22-9-17-19-20-22)13(7-10)15(23)21-6-5-11-2-3-12(8-21)18-11;/h1,4,7,9,11-12,18H,2-3,5-6,8H2;1H. The fourth-order valence-corrected chi connectivity index (χ4v) is 3.62. The Morgan fingerprint density at radius 2 is 2.08 bits per heavy atom. The lowest BCUT2D eigenvalue weighted by molar-refractivity contribution is 0.0748. The first kappa shape index (κ1) is 17.1. The molecule has 2 unspecified atom stereocenters. The van der Waals surface area contributed by atoms with E-state index in [1.54, 1.807) is 18.2 Å². The van der Waals surface area contributed by atoms with Crippen LogP contribution in [0.2, 0.25) is 5.02 Å². The van der Waals surface area contributed by atoms with Crippen LogP contribution in [-0.2, 0) is 0 Å². The molecule has 2 aliphatic heterocycles. The van der Waals surface area contributed by atoms with E-state index in [4.69, 9.17) is 11.6 Å². The van der Waals surface area contributed by atoms with E-state index in [1.165, 1.54) is 17.4 Å². The lowest BCUT2D eigenvalue weighted by atomic mass is 10.1. The van der Waals surface area contributed by atoms with E-state index < -0.39 is 0 Å². The number of amides is 1. The Labute approximate surface area is 150 Å². The third-order valence-corrected chi connectivity index (χ3v) is 4.83. The van der Waals surface area contributed by atoms with Gasteiger partial charge >= 0.3 is 0 Å². The fraction of sp³-hybridized carbons (Fsp3) is 0.467. The summed E-state index contributed by atoms with van der Waals surface area (Å²) in [6.07, 6.45) is 4.80. The highest BCUT2D eigenvalue weighted by molar-refractivity contribution is 6.31. The molecule has 7 nitrogen and oxygen atoms in total. The number of likely N-dealkylation sites (tertiary alicyclic amines) is 1. The number of benzene rings is 1. The Morgan fingerprint density at radius 1 is 1.25 bits per heavy atom. The first-order chi connectivity index (χ1) is 11.2. The van der Waals surface area contributed by atoms with Gasteiger partial charge in [0.15, 0.2) is 0 Å². The van der Waals surface area contributed by atoms with Crippen molar-refractivity contribution in [1.29, 1.82) is 0 Å². The SMILES string of the molecule is Cl.O=C(c1cc(Cl)ccc1-n1cnnn1)N1CCC2CCC(C1)N2. The molecule has 0 radical (unpaired) electrons. The van der Waals surface area contributed by atoms with Crippen molar-refractivity contribution in [2.24, 2.45) is 0 Å². The molecule has 2 aliphatic rings. The molecule has 1 aromatic heterocycles. The van der Waals surface area contributed by atoms with Crippen molar-refractivity contribution >= 4 is 29.9 Å². The van der Waals surface area contributed by atoms with Gasteiger partial charge in [-0.15, -0.1) is 17.5 Å². The maximum Gasteiger partial charge on any atom is 0.256 e. The first-order valence-corrected chi connectivity index (χ1v) is 8.17. The topological polar surface area (TPSA) is 75.9 Å². The van der Waals surface area contributed by atoms with Crippen LogP contribution in [0.4, 0.5) is 0 Å². The van der Waals surface area contributed by atoms with E-state index in [2.05, 4.69) is 20.8 Å². The van der Waals surface area contributed by atoms with Gasteiger partial charge in [0, 0.05) is 30.2 Å². The number of nitrogens with zero attached hydrogens (tertiary/aromatic N) is 5. The van der Waals surface area contributed by atoms with Crippen LogP contribution in [0.15, 0.2) is 24.5 Å². The molecule has 2 aromatic rings. The highest BCUT2D eigenvalue weighted by Crippen LogP contribution is 2.25. The van der Waals surface area contributed by atoms with Crippen LogP contribution in [0.25, 0.3) is 5.69 Å². The van der Waals surface area contributed by atoms with Crippen LogP contribution in [0.1, 0.15) is 29.6 Å². The molecule has 1 amide bonds. The number of fused-ring (bicyclic) bond motifs is 2. The summed E-state index contributed by atoms with van der Waals surface area (Å²) in [5.74, 6) is -0.0210. The van der Waals surface area contributed by atoms with Crippen molar-refractivity contribution in [1.82, 2.24) is 30.4 Å². The van der Waals surface area contributed by atoms with E-state index in [1.807, 2.05) is 4.90 Å². The molecule has 2 fully saturated rings. The Kier molecular flexibility index (Phi) is 5.03. The molecule has 0 aliphatic carbocycles. The third kappa shape index (κ3) is 3.24. The highest BCUT2D eigenvalue weighted by Gasteiger charge is 2.32. The molecule has 1 aromatic carbocycles. The molecular weight excluding hydrogens is 351 g/mol. The van der Waals surface area contributed by atoms with Gasteiger partial charge in [-0.3, -0.25) is 4.79 Å². The van der Waals surface area contributed by atoms with Crippen LogP contribution in [-0.4, -0.2) is 56.2 Å². The zero-order valence-electron chi connectivity index (χ0n) is 12.9. The molecular formula is C15H18Cl2N6O. The molecule has 0 spiro atoms. The van der Waals surface area contributed by atoms with Crippen molar-refractivity contribution < 1.29 is 4.79 Å². The predicted octanol–water partition coefficient (Wildman–Crippen LogP) is 1.70. The number of hydrogen-bond donors (Lipinski definition) is 1. The Balaban J connectivity index is 0.00000169. The van der Waals surface area contributed by atoms with Crippen LogP contribution in [0, 0.1) is 0 Å². The minimum Gasteiger partial charge on any atom is -0.337 e. The molecule has 3 heterocycles. The van der Waals surface area contributed by atoms with E-state index >= 15 is 0 Å². The molecule has 24 heavy (non-hydrogen) atoms. The average Bonchev–Trinajstić information content (AvgIpc) is 3.16. The number of carbonyl (C=O) groups is 1. The quantitative estimate of drug-likeness (QED) is 0.872. The zero-order chi connectivity index (χ0) is 15.8. The molecule has 9 heteroatoms. The van der Waals surface area contributed by atoms with E-state index in [0.29, 0.717) is 28.4 Å². The summed E-state index contributed by atoms with van der Waals surface area (Å²) in [7, 11) is 0. The third-order valence-electron chi connectivity index (χ3n) is 4.60. The molecule has 128 valence electrons. The van der Waals surface area contributed by atoms with Crippen molar-refractivity contribution in [2.75, 3.05) is 13.1 Å². The summed E-state index contributed by atoms with van der Waals surface area (Å²) >= 11 is 6.11. The number of hydrogen-bond acceptors (Lipinski definition) is 5. The summed E-state index contributed by atoms with van der Waals surface area (Å²) in [4.78, 5) is 15.0. The smallest absolute Gasteiger partial charge is 0.256 e. The van der Waals surface area contributed by atoms with Gasteiger partial charge in [0.25, 0.3) is 5.91 Å². The number of rotatable bonds is 2. The number of nitrogens with one attached hydrogen (secondary N) is 1. The summed E-state index contributed by atoms with van der Waals surface area (Å²) in [6.45, 7) is 1.49. The van der Waals surface area contributed by atoms with Gasteiger partial charge in [-0.05, 0) is 47.9 Å². The number of tetrazole rings is 1. The van der Waals surface area contributed by atoms with Gasteiger partial charge in [-0.1, -0.05) is 11.6 Å². The van der Waals surface area contributed by atoms with Gasteiger partial charge < -0.3 is 10.2 Å². The van der Waals surface area contributed by atoms with Crippen molar-refractivity contribution in [2.45, 2.75) is 31.3 Å². The highest BCUT2D eigenvalue weighted by atomic mass is 35.5. The minimum atomic E-state index is -0.0210. The Morgan fingerprint density at radius 3 is 2.88 bits per heavy atom. The van der Waals surface area contributed by atoms with E-state index in [-0.39, 0.29) is 18.3 Å². The maximum absolute atomic E-state index is 13.1. The molecule has 4 rings (SSSR count). The Hall–Kier alpha value is -1.70. The first-order valence-electron chi connectivity index (χ1n) is 7.79. The van der Waals surface area contributed by atoms with Crippen molar-refractivity contribution in [3.05, 3.63) is 35.1 Å². The van der Waals surface area contributed by atoms with Crippen molar-refractivity contribution in [3.8, 4) is 5.69 Å². The molecule has 2 saturated heterocycles. The van der Waals surface area contributed by atoms with Gasteiger partial charge in [0.05, 0.1) is 11.3 Å². The molecule has 2 atom stereocenters. The van der Waals surface area contributed by atoms with Gasteiger partial charge in [-0.2, -0.15) is 4.68 Å². The normalized spacial score (nSPS) is 22.8. The molecule has 2 bridgehead atoms. The van der Waals surface area contributed by atoms with Gasteiger partial charge in [0.1, 0.15) is 6.33 Å². The maximum atomic E-state index is 13.1. The predicted molar refractivity (Wildman–Crippen MR) is 91.9 cm³/mol. The Bertz CT molecular complexity index is 723. The van der Waals surface area contributed by atoms with Gasteiger partial charge in [-0.25, -0.2) is 0 Å². The average molecular weight is 369 g/mol. The lowest BCUT2D eigenvalue weighted by Gasteiger charge is -2.25. The second kappa shape index (κ2) is 7.04. The summed E-state index contributed by atoms with van der Waals surface area (Å²) < 4.78 is 1.49. The monoisotopic (exact) mass is 368 g/mol. The van der Waals surface area contributed by atoms with Crippen LogP contribution >= 0.6 is 24.0 Å². The lowest BCUT2D eigenvalue weighted by Crippen LogP contribution is -2.39. The molecule has 1 N–H and O–H groups in total. The van der Waals surface area contributed by atoms with E-state index in [0.717, 1.165) is 25.9 Å². The summed E-state index contributed by atoms with van der Waals surface area (Å²) in [5, 5.41) is 15.3. The fourth-order valence-electron chi connectivity index (χ4n) is 3.45. The van der Waals surface area contributed by atoms with E-state index in [9.17, 15) is 4.79 Å². The number of halogens is 2. The number of aromatic nitrogens is 4. The van der Waals surface area contributed by atoms with Crippen LogP contribution in [0.3, 0.4) is 0 Å². The number of carbonyl (C=O) groups excluding carboxylic acids is 1. The largest absolute Gasteiger partial charge is 0.337 e. The second-order valence-corrected chi connectivity index (χ2v) is 6.53. The van der Waals surface area contributed by atoms with Crippen LogP contribution < -0.4 is 5.32 Å². The zero-order valence-corrected chi connectivity index (χ0v) is 14.5. The second-order valence-electron chi connectivity index (χ2n) is 6.09. The molecule has 0 saturated carbocycles. The van der Waals surface area contributed by atoms with Crippen molar-refractivity contribution in [3.63, 3.8) is 0 Å².